The Bertz CT molecular complexity index is 1780. The summed E-state index contributed by atoms with van der Waals surface area (Å²) in [5.74, 6) is -4.16. The Morgan fingerprint density at radius 2 is 1.73 bits per heavy atom. The summed E-state index contributed by atoms with van der Waals surface area (Å²) >= 11 is 0. The smallest absolute Gasteiger partial charge is 0.318 e. The molecular weight excluding hydrogens is 594 g/mol. The summed E-state index contributed by atoms with van der Waals surface area (Å²) in [7, 11) is 1.37. The van der Waals surface area contributed by atoms with Gasteiger partial charge in [0.1, 0.15) is 46.7 Å². The average Bonchev–Trinajstić information content (AvgIpc) is 3.46. The van der Waals surface area contributed by atoms with Crippen molar-refractivity contribution in [2.75, 3.05) is 38.3 Å². The molecule has 0 spiro atoms. The van der Waals surface area contributed by atoms with Gasteiger partial charge in [0.05, 0.1) is 13.2 Å². The summed E-state index contributed by atoms with van der Waals surface area (Å²) in [6.07, 6.45) is 6.64. The van der Waals surface area contributed by atoms with Gasteiger partial charge in [0.15, 0.2) is 17.5 Å². The van der Waals surface area contributed by atoms with E-state index >= 15 is 4.39 Å². The first-order chi connectivity index (χ1) is 21.7. The van der Waals surface area contributed by atoms with E-state index in [1.54, 1.807) is 0 Å². The van der Waals surface area contributed by atoms with E-state index in [1.165, 1.54) is 20.0 Å². The van der Waals surface area contributed by atoms with Crippen molar-refractivity contribution in [3.63, 3.8) is 0 Å². The number of pyridine rings is 1. The van der Waals surface area contributed by atoms with Crippen molar-refractivity contribution in [1.82, 2.24) is 19.9 Å². The standard InChI is InChI=1S/C25H21F3N4O4.C7H12FN/c1-35-25-30-22-18-23(31-25)32-6-4-2-3-5-11(32)10-36-24(18)29-21(20(22)28)14-8-12(33)7-13-16(34)9-15(26)19(27)17(13)14;8-6-4-7-2-1-3-9(7)5-6/h7-9,11,33-34H,2-6,10H2,1H3;6-7H,1-5H2. The van der Waals surface area contributed by atoms with E-state index in [4.69, 9.17) is 9.47 Å². The number of hydrogen-bond acceptors (Lipinski definition) is 9. The number of phenols is 2. The Morgan fingerprint density at radius 3 is 2.53 bits per heavy atom. The van der Waals surface area contributed by atoms with Crippen LogP contribution in [0, 0.1) is 17.5 Å². The zero-order valence-corrected chi connectivity index (χ0v) is 24.7. The van der Waals surface area contributed by atoms with Crippen LogP contribution in [0.4, 0.5) is 23.4 Å². The van der Waals surface area contributed by atoms with Gasteiger partial charge in [-0.15, -0.1) is 0 Å². The van der Waals surface area contributed by atoms with Crippen LogP contribution in [0.25, 0.3) is 32.9 Å². The fraction of sp³-hybridized carbons (Fsp3) is 0.469. The van der Waals surface area contributed by atoms with Crippen molar-refractivity contribution in [3.8, 4) is 34.6 Å². The zero-order valence-electron chi connectivity index (χ0n) is 24.7. The molecule has 6 heterocycles. The number of alkyl halides is 1. The van der Waals surface area contributed by atoms with Crippen LogP contribution in [0.5, 0.6) is 23.4 Å². The molecule has 238 valence electrons. The van der Waals surface area contributed by atoms with Gasteiger partial charge in [-0.3, -0.25) is 4.90 Å². The van der Waals surface area contributed by atoms with Gasteiger partial charge in [-0.2, -0.15) is 9.97 Å². The minimum absolute atomic E-state index is 0.0268. The van der Waals surface area contributed by atoms with Crippen molar-refractivity contribution in [2.24, 2.45) is 0 Å². The predicted octanol–water partition coefficient (Wildman–Crippen LogP) is 6.02. The Hall–Kier alpha value is -4.13. The molecule has 0 radical (unpaired) electrons. The first-order valence-corrected chi connectivity index (χ1v) is 15.3. The molecular formula is C32H33F4N5O4. The van der Waals surface area contributed by atoms with Gasteiger partial charge in [0.25, 0.3) is 0 Å². The van der Waals surface area contributed by atoms with Gasteiger partial charge in [0.2, 0.25) is 5.88 Å². The molecule has 9 nitrogen and oxygen atoms in total. The Labute approximate surface area is 256 Å². The third kappa shape index (κ3) is 5.20. The van der Waals surface area contributed by atoms with Crippen molar-refractivity contribution in [2.45, 2.75) is 63.2 Å². The highest BCUT2D eigenvalue weighted by molar-refractivity contribution is 6.03. The van der Waals surface area contributed by atoms with Crippen LogP contribution in [-0.2, 0) is 0 Å². The van der Waals surface area contributed by atoms with Gasteiger partial charge >= 0.3 is 6.01 Å². The van der Waals surface area contributed by atoms with E-state index in [0.29, 0.717) is 31.0 Å². The van der Waals surface area contributed by atoms with E-state index in [0.717, 1.165) is 50.8 Å². The number of rotatable bonds is 2. The molecule has 4 aliphatic heterocycles. The molecule has 0 saturated carbocycles. The lowest BCUT2D eigenvalue weighted by molar-refractivity contribution is 0.275. The second-order valence-electron chi connectivity index (χ2n) is 12.1. The van der Waals surface area contributed by atoms with Crippen molar-refractivity contribution >= 4 is 27.5 Å². The van der Waals surface area contributed by atoms with E-state index in [-0.39, 0.29) is 46.4 Å². The minimum atomic E-state index is -1.33. The van der Waals surface area contributed by atoms with Gasteiger partial charge in [-0.25, -0.2) is 22.5 Å². The molecule has 0 amide bonds. The lowest BCUT2D eigenvalue weighted by Crippen LogP contribution is -2.38. The molecule has 3 unspecified atom stereocenters. The molecule has 45 heavy (non-hydrogen) atoms. The Morgan fingerprint density at radius 1 is 0.911 bits per heavy atom. The molecule has 4 aromatic rings. The topological polar surface area (TPSA) is 104 Å². The SMILES string of the molecule is COc1nc2c3c(nc(-c4cc(O)cc5c(O)cc(F)c(F)c45)c(F)c3n1)OCC1CCCCCN21.FC1CC2CCCN2C1. The number of aromatic nitrogens is 3. The summed E-state index contributed by atoms with van der Waals surface area (Å²) in [5.41, 5.74) is -0.861. The van der Waals surface area contributed by atoms with Crippen LogP contribution >= 0.6 is 0 Å². The number of aromatic hydroxyl groups is 2. The van der Waals surface area contributed by atoms with Crippen molar-refractivity contribution < 1.29 is 37.2 Å². The van der Waals surface area contributed by atoms with Crippen LogP contribution in [0.15, 0.2) is 18.2 Å². The molecule has 3 atom stereocenters. The summed E-state index contributed by atoms with van der Waals surface area (Å²) in [5, 5.41) is 20.1. The first kappa shape index (κ1) is 29.6. The van der Waals surface area contributed by atoms with E-state index in [9.17, 15) is 23.4 Å². The second kappa shape index (κ2) is 11.7. The summed E-state index contributed by atoms with van der Waals surface area (Å²) < 4.78 is 69.3. The maximum atomic E-state index is 16.2. The summed E-state index contributed by atoms with van der Waals surface area (Å²) in [6.45, 7) is 2.80. The predicted molar refractivity (Wildman–Crippen MR) is 159 cm³/mol. The third-order valence-electron chi connectivity index (χ3n) is 9.26. The highest BCUT2D eigenvalue weighted by Crippen LogP contribution is 2.45. The summed E-state index contributed by atoms with van der Waals surface area (Å²) in [4.78, 5) is 17.4. The molecule has 0 bridgehead atoms. The lowest BCUT2D eigenvalue weighted by atomic mass is 9.98. The van der Waals surface area contributed by atoms with Crippen molar-refractivity contribution in [3.05, 3.63) is 35.7 Å². The number of nitrogens with zero attached hydrogens (tertiary/aromatic N) is 5. The lowest BCUT2D eigenvalue weighted by Gasteiger charge is -2.28. The van der Waals surface area contributed by atoms with Gasteiger partial charge in [-0.1, -0.05) is 12.8 Å². The number of fused-ring (bicyclic) bond motifs is 4. The molecule has 3 saturated heterocycles. The highest BCUT2D eigenvalue weighted by Gasteiger charge is 2.35. The molecule has 2 N–H and O–H groups in total. The van der Waals surface area contributed by atoms with Gasteiger partial charge in [-0.05, 0) is 50.8 Å². The van der Waals surface area contributed by atoms with Crippen LogP contribution in [0.3, 0.4) is 0 Å². The van der Waals surface area contributed by atoms with Gasteiger partial charge in [0, 0.05) is 41.5 Å². The fourth-order valence-corrected chi connectivity index (χ4v) is 7.15. The number of phenolic OH excluding ortho intramolecular Hbond substituents is 2. The van der Waals surface area contributed by atoms with E-state index in [2.05, 4.69) is 24.8 Å². The molecule has 0 aliphatic carbocycles. The zero-order chi connectivity index (χ0) is 31.4. The third-order valence-corrected chi connectivity index (χ3v) is 9.26. The van der Waals surface area contributed by atoms with E-state index in [1.807, 2.05) is 0 Å². The molecule has 13 heteroatoms. The Kier molecular flexibility index (Phi) is 7.66. The highest BCUT2D eigenvalue weighted by atomic mass is 19.2. The first-order valence-electron chi connectivity index (χ1n) is 15.3. The molecule has 4 aliphatic rings. The molecule has 2 aromatic carbocycles. The molecule has 2 aromatic heterocycles. The number of methoxy groups -OCH3 is 1. The largest absolute Gasteiger partial charge is 0.508 e. The number of anilines is 1. The second-order valence-corrected chi connectivity index (χ2v) is 12.1. The molecule has 3 fully saturated rings. The van der Waals surface area contributed by atoms with Crippen molar-refractivity contribution in [1.29, 1.82) is 0 Å². The van der Waals surface area contributed by atoms with Gasteiger partial charge < -0.3 is 24.6 Å². The maximum absolute atomic E-state index is 16.2. The minimum Gasteiger partial charge on any atom is -0.508 e. The average molecular weight is 628 g/mol. The molecule has 8 rings (SSSR count). The van der Waals surface area contributed by atoms with E-state index < -0.39 is 46.2 Å². The number of benzene rings is 2. The van der Waals surface area contributed by atoms with Crippen LogP contribution in [0.2, 0.25) is 0 Å². The van der Waals surface area contributed by atoms with Crippen LogP contribution in [-0.4, -0.2) is 81.7 Å². The van der Waals surface area contributed by atoms with Crippen LogP contribution in [0.1, 0.15) is 44.9 Å². The maximum Gasteiger partial charge on any atom is 0.318 e. The fourth-order valence-electron chi connectivity index (χ4n) is 7.15. The number of hydrogen-bond donors (Lipinski definition) is 2. The normalized spacial score (nSPS) is 22.7. The quantitative estimate of drug-likeness (QED) is 0.259. The summed E-state index contributed by atoms with van der Waals surface area (Å²) in [6, 6.07) is 3.22. The number of halogens is 4. The Balaban J connectivity index is 0.000000308. The monoisotopic (exact) mass is 627 g/mol. The van der Waals surface area contributed by atoms with Crippen LogP contribution < -0.4 is 14.4 Å². The number of ether oxygens (including phenoxy) is 2.